The van der Waals surface area contributed by atoms with Crippen molar-refractivity contribution in [3.63, 3.8) is 0 Å². The van der Waals surface area contributed by atoms with E-state index in [-0.39, 0.29) is 12.5 Å². The standard InChI is InChI=1S/C14H17NO4S/c1-10-5-8-20-12(10)3-4-13(16)15-6-7-19-9-11(15)14(17)18-2/h3-5,8,11H,6-7,9H2,1-2H3/b4-3+. The van der Waals surface area contributed by atoms with Crippen LogP contribution in [0.3, 0.4) is 0 Å². The maximum Gasteiger partial charge on any atom is 0.331 e. The molecule has 0 radical (unpaired) electrons. The Morgan fingerprint density at radius 3 is 3.00 bits per heavy atom. The molecule has 0 N–H and O–H groups in total. The molecule has 5 nitrogen and oxygen atoms in total. The lowest BCUT2D eigenvalue weighted by molar-refractivity contribution is -0.158. The Morgan fingerprint density at radius 1 is 1.55 bits per heavy atom. The first-order chi connectivity index (χ1) is 9.63. The predicted molar refractivity (Wildman–Crippen MR) is 76.4 cm³/mol. The summed E-state index contributed by atoms with van der Waals surface area (Å²) < 4.78 is 9.94. The van der Waals surface area contributed by atoms with Crippen LogP contribution in [0.5, 0.6) is 0 Å². The average Bonchev–Trinajstić information content (AvgIpc) is 2.89. The van der Waals surface area contributed by atoms with Crippen molar-refractivity contribution in [2.75, 3.05) is 26.9 Å². The van der Waals surface area contributed by atoms with Crippen LogP contribution in [0, 0.1) is 6.92 Å². The molecule has 0 spiro atoms. The number of aryl methyl sites for hydroxylation is 1. The molecule has 0 saturated carbocycles. The monoisotopic (exact) mass is 295 g/mol. The molecule has 20 heavy (non-hydrogen) atoms. The largest absolute Gasteiger partial charge is 0.467 e. The molecule has 1 amide bonds. The molecule has 1 fully saturated rings. The van der Waals surface area contributed by atoms with E-state index in [0.717, 1.165) is 10.4 Å². The molecule has 0 aliphatic carbocycles. The van der Waals surface area contributed by atoms with Crippen LogP contribution >= 0.6 is 11.3 Å². The molecule has 2 heterocycles. The number of hydrogen-bond acceptors (Lipinski definition) is 5. The van der Waals surface area contributed by atoms with E-state index in [1.807, 2.05) is 18.4 Å². The molecule has 1 aromatic heterocycles. The van der Waals surface area contributed by atoms with Crippen LogP contribution < -0.4 is 0 Å². The predicted octanol–water partition coefficient (Wildman–Crippen LogP) is 1.47. The number of nitrogens with zero attached hydrogens (tertiary/aromatic N) is 1. The number of thiophene rings is 1. The molecule has 2 rings (SSSR count). The van der Waals surface area contributed by atoms with Crippen molar-refractivity contribution in [2.45, 2.75) is 13.0 Å². The quantitative estimate of drug-likeness (QED) is 0.626. The number of methoxy groups -OCH3 is 1. The average molecular weight is 295 g/mol. The van der Waals surface area contributed by atoms with Crippen molar-refractivity contribution in [2.24, 2.45) is 0 Å². The Hall–Kier alpha value is -1.66. The molecule has 1 unspecified atom stereocenters. The van der Waals surface area contributed by atoms with Gasteiger partial charge in [-0.25, -0.2) is 4.79 Å². The molecule has 6 heteroatoms. The van der Waals surface area contributed by atoms with Crippen molar-refractivity contribution in [1.29, 1.82) is 0 Å². The molecular weight excluding hydrogens is 278 g/mol. The number of esters is 1. The summed E-state index contributed by atoms with van der Waals surface area (Å²) in [4.78, 5) is 26.4. The minimum Gasteiger partial charge on any atom is -0.467 e. The van der Waals surface area contributed by atoms with Crippen LogP contribution in [0.2, 0.25) is 0 Å². The zero-order valence-corrected chi connectivity index (χ0v) is 12.3. The van der Waals surface area contributed by atoms with Gasteiger partial charge in [0.25, 0.3) is 0 Å². The third-order valence-corrected chi connectivity index (χ3v) is 4.15. The second kappa shape index (κ2) is 6.67. The zero-order chi connectivity index (χ0) is 14.5. The van der Waals surface area contributed by atoms with Gasteiger partial charge in [0.05, 0.1) is 20.3 Å². The smallest absolute Gasteiger partial charge is 0.331 e. The Kier molecular flexibility index (Phi) is 4.92. The third-order valence-electron chi connectivity index (χ3n) is 3.16. The van der Waals surface area contributed by atoms with Crippen LogP contribution in [0.4, 0.5) is 0 Å². The summed E-state index contributed by atoms with van der Waals surface area (Å²) in [5.41, 5.74) is 1.13. The van der Waals surface area contributed by atoms with Crippen LogP contribution in [-0.4, -0.2) is 49.7 Å². The van der Waals surface area contributed by atoms with Gasteiger partial charge in [0, 0.05) is 17.5 Å². The Balaban J connectivity index is 2.08. The summed E-state index contributed by atoms with van der Waals surface area (Å²) >= 11 is 1.58. The third kappa shape index (κ3) is 3.26. The van der Waals surface area contributed by atoms with Gasteiger partial charge in [0.2, 0.25) is 5.91 Å². The number of morpholine rings is 1. The van der Waals surface area contributed by atoms with E-state index >= 15 is 0 Å². The lowest BCUT2D eigenvalue weighted by Gasteiger charge is -2.32. The Labute approximate surface area is 121 Å². The van der Waals surface area contributed by atoms with E-state index in [1.54, 1.807) is 17.4 Å². The molecule has 1 aromatic rings. The van der Waals surface area contributed by atoms with E-state index in [2.05, 4.69) is 0 Å². The summed E-state index contributed by atoms with van der Waals surface area (Å²) in [7, 11) is 1.31. The second-order valence-corrected chi connectivity index (χ2v) is 5.39. The van der Waals surface area contributed by atoms with Crippen molar-refractivity contribution >= 4 is 29.3 Å². The first-order valence-corrected chi connectivity index (χ1v) is 7.20. The number of ether oxygens (including phenoxy) is 2. The minimum atomic E-state index is -0.657. The fourth-order valence-electron chi connectivity index (χ4n) is 2.00. The van der Waals surface area contributed by atoms with E-state index in [9.17, 15) is 9.59 Å². The number of rotatable bonds is 3. The van der Waals surface area contributed by atoms with Gasteiger partial charge in [0.15, 0.2) is 6.04 Å². The Bertz CT molecular complexity index is 523. The van der Waals surface area contributed by atoms with Crippen LogP contribution in [0.25, 0.3) is 6.08 Å². The number of amides is 1. The van der Waals surface area contributed by atoms with E-state index < -0.39 is 12.0 Å². The highest BCUT2D eigenvalue weighted by Gasteiger charge is 2.32. The first kappa shape index (κ1) is 14.7. The van der Waals surface area contributed by atoms with Gasteiger partial charge in [-0.1, -0.05) is 0 Å². The number of hydrogen-bond donors (Lipinski definition) is 0. The van der Waals surface area contributed by atoms with E-state index in [0.29, 0.717) is 13.2 Å². The van der Waals surface area contributed by atoms with Crippen molar-refractivity contribution in [1.82, 2.24) is 4.90 Å². The van der Waals surface area contributed by atoms with E-state index in [4.69, 9.17) is 9.47 Å². The summed E-state index contributed by atoms with van der Waals surface area (Å²) in [6, 6.07) is 1.34. The van der Waals surface area contributed by atoms with Gasteiger partial charge in [0.1, 0.15) is 0 Å². The molecule has 1 atom stereocenters. The van der Waals surface area contributed by atoms with Gasteiger partial charge >= 0.3 is 5.97 Å². The molecule has 1 saturated heterocycles. The summed E-state index contributed by atoms with van der Waals surface area (Å²) in [6.07, 6.45) is 3.28. The van der Waals surface area contributed by atoms with Gasteiger partial charge < -0.3 is 14.4 Å². The lowest BCUT2D eigenvalue weighted by atomic mass is 10.2. The maximum atomic E-state index is 12.2. The van der Waals surface area contributed by atoms with Gasteiger partial charge in [-0.15, -0.1) is 11.3 Å². The summed E-state index contributed by atoms with van der Waals surface area (Å²) in [6.45, 7) is 3.01. The van der Waals surface area contributed by atoms with Crippen molar-refractivity contribution in [3.05, 3.63) is 28.0 Å². The molecule has 1 aliphatic rings. The molecule has 0 bridgehead atoms. The van der Waals surface area contributed by atoms with Gasteiger partial charge in [-0.05, 0) is 30.0 Å². The van der Waals surface area contributed by atoms with E-state index in [1.165, 1.54) is 18.1 Å². The lowest BCUT2D eigenvalue weighted by Crippen LogP contribution is -2.52. The molecular formula is C14H17NO4S. The maximum absolute atomic E-state index is 12.2. The molecule has 108 valence electrons. The highest BCUT2D eigenvalue weighted by Crippen LogP contribution is 2.18. The van der Waals surface area contributed by atoms with Crippen LogP contribution in [0.1, 0.15) is 10.4 Å². The molecule has 1 aliphatic heterocycles. The van der Waals surface area contributed by atoms with Gasteiger partial charge in [-0.2, -0.15) is 0 Å². The fraction of sp³-hybridized carbons (Fsp3) is 0.429. The summed E-state index contributed by atoms with van der Waals surface area (Å²) in [5, 5.41) is 1.98. The fourth-order valence-corrected chi connectivity index (χ4v) is 2.82. The molecule has 0 aromatic carbocycles. The highest BCUT2D eigenvalue weighted by atomic mass is 32.1. The van der Waals surface area contributed by atoms with Crippen molar-refractivity contribution in [3.8, 4) is 0 Å². The second-order valence-electron chi connectivity index (χ2n) is 4.45. The number of carbonyl (C=O) groups excluding carboxylic acids is 2. The summed E-state index contributed by atoms with van der Waals surface area (Å²) in [5.74, 6) is -0.643. The van der Waals surface area contributed by atoms with Gasteiger partial charge in [-0.3, -0.25) is 4.79 Å². The normalized spacial score (nSPS) is 19.3. The Morgan fingerprint density at radius 2 is 2.35 bits per heavy atom. The highest BCUT2D eigenvalue weighted by molar-refractivity contribution is 7.11. The van der Waals surface area contributed by atoms with Crippen LogP contribution in [-0.2, 0) is 19.1 Å². The minimum absolute atomic E-state index is 0.185. The van der Waals surface area contributed by atoms with Crippen LogP contribution in [0.15, 0.2) is 17.5 Å². The topological polar surface area (TPSA) is 55.8 Å². The first-order valence-electron chi connectivity index (χ1n) is 6.32. The SMILES string of the molecule is COC(=O)C1COCCN1C(=O)/C=C/c1sccc1C. The number of carbonyl (C=O) groups is 2. The zero-order valence-electron chi connectivity index (χ0n) is 11.5. The van der Waals surface area contributed by atoms with Crippen molar-refractivity contribution < 1.29 is 19.1 Å².